The number of aromatic nitrogens is 2. The number of carbonyl (C=O) groups excluding carboxylic acids is 2. The first-order chi connectivity index (χ1) is 16.5. The zero-order valence-electron chi connectivity index (χ0n) is 20.0. The molecule has 0 unspecified atom stereocenters. The summed E-state index contributed by atoms with van der Waals surface area (Å²) in [6.45, 7) is 5.26. The molecule has 3 aromatic rings. The number of sulfonamides is 1. The number of aromatic amines is 1. The second-order valence-corrected chi connectivity index (χ2v) is 10.6. The average Bonchev–Trinajstić information content (AvgIpc) is 3.32. The van der Waals surface area contributed by atoms with Crippen LogP contribution in [0.15, 0.2) is 78.0 Å². The van der Waals surface area contributed by atoms with Crippen LogP contribution in [0.5, 0.6) is 0 Å². The molecule has 0 spiro atoms. The molecule has 0 aliphatic heterocycles. The molecule has 0 aliphatic rings. The first kappa shape index (κ1) is 26.1. The molecule has 3 rings (SSSR count). The van der Waals surface area contributed by atoms with Crippen molar-refractivity contribution in [2.75, 3.05) is 6.54 Å². The predicted octanol–water partition coefficient (Wildman–Crippen LogP) is 3.13. The van der Waals surface area contributed by atoms with Gasteiger partial charge in [0.2, 0.25) is 10.0 Å². The Balaban J connectivity index is 1.97. The monoisotopic (exact) mass is 498 g/mol. The van der Waals surface area contributed by atoms with Crippen LogP contribution in [0, 0.1) is 0 Å². The Kier molecular flexibility index (Phi) is 8.42. The maximum atomic E-state index is 13.5. The highest BCUT2D eigenvalue weighted by molar-refractivity contribution is 7.89. The van der Waals surface area contributed by atoms with Crippen LogP contribution in [0.3, 0.4) is 0 Å². The zero-order chi connectivity index (χ0) is 25.5. The molecule has 1 heterocycles. The van der Waals surface area contributed by atoms with Gasteiger partial charge >= 0.3 is 5.97 Å². The molecule has 10 heteroatoms. The molecule has 35 heavy (non-hydrogen) atoms. The second kappa shape index (κ2) is 11.3. The molecular formula is C25H30N4O5S. The minimum Gasteiger partial charge on any atom is -0.460 e. The summed E-state index contributed by atoms with van der Waals surface area (Å²) in [5.41, 5.74) is -0.414. The van der Waals surface area contributed by atoms with Gasteiger partial charge in [-0.1, -0.05) is 36.4 Å². The highest BCUT2D eigenvalue weighted by Gasteiger charge is 2.32. The molecule has 0 radical (unpaired) electrons. The normalized spacial score (nSPS) is 12.7. The summed E-state index contributed by atoms with van der Waals surface area (Å²) in [6, 6.07) is 16.3. The largest absolute Gasteiger partial charge is 0.460 e. The van der Waals surface area contributed by atoms with Crippen molar-refractivity contribution in [2.45, 2.75) is 50.3 Å². The van der Waals surface area contributed by atoms with Crippen LogP contribution >= 0.6 is 0 Å². The zero-order valence-corrected chi connectivity index (χ0v) is 20.8. The van der Waals surface area contributed by atoms with E-state index >= 15 is 0 Å². The van der Waals surface area contributed by atoms with Crippen LogP contribution in [-0.4, -0.2) is 53.5 Å². The number of amides is 1. The van der Waals surface area contributed by atoms with E-state index in [1.54, 1.807) is 81.7 Å². The van der Waals surface area contributed by atoms with Crippen LogP contribution in [0.25, 0.3) is 0 Å². The number of benzene rings is 2. The summed E-state index contributed by atoms with van der Waals surface area (Å²) in [5, 5.41) is 0. The lowest BCUT2D eigenvalue weighted by atomic mass is 10.1. The van der Waals surface area contributed by atoms with E-state index in [2.05, 4.69) is 14.7 Å². The molecule has 9 nitrogen and oxygen atoms in total. The van der Waals surface area contributed by atoms with Crippen LogP contribution in [-0.2, 0) is 26.0 Å². The number of H-pyrrole nitrogens is 1. The van der Waals surface area contributed by atoms with E-state index in [0.717, 1.165) is 0 Å². The summed E-state index contributed by atoms with van der Waals surface area (Å²) in [5.74, 6) is -0.443. The van der Waals surface area contributed by atoms with Crippen molar-refractivity contribution >= 4 is 21.9 Å². The number of hydrogen-bond donors (Lipinski definition) is 2. The van der Waals surface area contributed by atoms with E-state index in [0.29, 0.717) is 17.8 Å². The van der Waals surface area contributed by atoms with Gasteiger partial charge in [0.1, 0.15) is 17.6 Å². The topological polar surface area (TPSA) is 121 Å². The summed E-state index contributed by atoms with van der Waals surface area (Å²) < 4.78 is 34.4. The third kappa shape index (κ3) is 7.76. The molecule has 2 aromatic carbocycles. The lowest BCUT2D eigenvalue weighted by Crippen LogP contribution is -2.53. The minimum atomic E-state index is -4.06. The Hall–Kier alpha value is -3.50. The third-order valence-electron chi connectivity index (χ3n) is 4.93. The fourth-order valence-electron chi connectivity index (χ4n) is 3.41. The predicted molar refractivity (Wildman–Crippen MR) is 131 cm³/mol. The van der Waals surface area contributed by atoms with E-state index < -0.39 is 33.7 Å². The number of imidazole rings is 1. The van der Waals surface area contributed by atoms with Gasteiger partial charge in [-0.3, -0.25) is 9.59 Å². The molecule has 0 fully saturated rings. The standard InChI is InChI=1S/C25H30N4O5S/c1-25(2,3)34-23(30)18-22(28-35(32,33)20-12-8-5-9-13-20)29(17-14-21-26-15-16-27-21)24(31)19-10-6-4-7-11-19/h4-13,15-16,22,28H,14,17-18H2,1-3H3,(H,26,27)/t22-/m1/s1. The quantitative estimate of drug-likeness (QED) is 0.327. The Morgan fingerprint density at radius 3 is 2.26 bits per heavy atom. The molecule has 2 N–H and O–H groups in total. The van der Waals surface area contributed by atoms with Gasteiger partial charge in [0.05, 0.1) is 11.3 Å². The molecule has 0 aliphatic carbocycles. The maximum absolute atomic E-state index is 13.5. The van der Waals surface area contributed by atoms with Crippen LogP contribution in [0.4, 0.5) is 0 Å². The highest BCUT2D eigenvalue weighted by atomic mass is 32.2. The second-order valence-electron chi connectivity index (χ2n) is 8.89. The molecule has 0 saturated carbocycles. The Morgan fingerprint density at radius 2 is 1.69 bits per heavy atom. The van der Waals surface area contributed by atoms with E-state index in [-0.39, 0.29) is 17.9 Å². The van der Waals surface area contributed by atoms with Crippen molar-refractivity contribution in [3.63, 3.8) is 0 Å². The summed E-state index contributed by atoms with van der Waals surface area (Å²) in [7, 11) is -4.06. The number of ether oxygens (including phenoxy) is 1. The van der Waals surface area contributed by atoms with Gasteiger partial charge in [-0.2, -0.15) is 4.72 Å². The van der Waals surface area contributed by atoms with E-state index in [1.807, 2.05) is 0 Å². The fraction of sp³-hybridized carbons (Fsp3) is 0.320. The smallest absolute Gasteiger partial charge is 0.309 e. The van der Waals surface area contributed by atoms with Gasteiger partial charge in [-0.15, -0.1) is 0 Å². The first-order valence-corrected chi connectivity index (χ1v) is 12.7. The Morgan fingerprint density at radius 1 is 1.06 bits per heavy atom. The summed E-state index contributed by atoms with van der Waals surface area (Å²) in [4.78, 5) is 34.8. The van der Waals surface area contributed by atoms with E-state index in [9.17, 15) is 18.0 Å². The van der Waals surface area contributed by atoms with Crippen molar-refractivity contribution in [3.8, 4) is 0 Å². The number of esters is 1. The van der Waals surface area contributed by atoms with Crippen LogP contribution in [0.2, 0.25) is 0 Å². The van der Waals surface area contributed by atoms with Crippen molar-refractivity contribution in [3.05, 3.63) is 84.4 Å². The lowest BCUT2D eigenvalue weighted by Gasteiger charge is -2.32. The summed E-state index contributed by atoms with van der Waals surface area (Å²) >= 11 is 0. The molecule has 1 amide bonds. The Bertz CT molecular complexity index is 1210. The Labute approximate surface area is 205 Å². The lowest BCUT2D eigenvalue weighted by molar-refractivity contribution is -0.156. The van der Waals surface area contributed by atoms with Crippen molar-refractivity contribution in [1.29, 1.82) is 0 Å². The first-order valence-electron chi connectivity index (χ1n) is 11.2. The highest BCUT2D eigenvalue weighted by Crippen LogP contribution is 2.17. The van der Waals surface area contributed by atoms with Crippen LogP contribution < -0.4 is 4.72 Å². The van der Waals surface area contributed by atoms with Crippen molar-refractivity contribution in [2.24, 2.45) is 0 Å². The third-order valence-corrected chi connectivity index (χ3v) is 6.40. The minimum absolute atomic E-state index is 0.0207. The molecule has 0 bridgehead atoms. The van der Waals surface area contributed by atoms with Crippen molar-refractivity contribution in [1.82, 2.24) is 19.6 Å². The molecule has 186 valence electrons. The molecule has 0 saturated heterocycles. The van der Waals surface area contributed by atoms with Crippen LogP contribution in [0.1, 0.15) is 43.4 Å². The molecule has 1 atom stereocenters. The van der Waals surface area contributed by atoms with Gasteiger partial charge in [-0.05, 0) is 45.0 Å². The van der Waals surface area contributed by atoms with E-state index in [4.69, 9.17) is 4.74 Å². The molecular weight excluding hydrogens is 468 g/mol. The van der Waals surface area contributed by atoms with Crippen molar-refractivity contribution < 1.29 is 22.7 Å². The maximum Gasteiger partial charge on any atom is 0.309 e. The summed E-state index contributed by atoms with van der Waals surface area (Å²) in [6.07, 6.45) is 2.01. The average molecular weight is 499 g/mol. The van der Waals surface area contributed by atoms with Gasteiger partial charge in [0, 0.05) is 30.9 Å². The van der Waals surface area contributed by atoms with E-state index in [1.165, 1.54) is 17.0 Å². The van der Waals surface area contributed by atoms with Gasteiger partial charge in [0.25, 0.3) is 5.91 Å². The SMILES string of the molecule is CC(C)(C)OC(=O)C[C@H](NS(=O)(=O)c1ccccc1)N(CCc1ncc[nH]1)C(=O)c1ccccc1. The molecule has 1 aromatic heterocycles. The number of carbonyl (C=O) groups is 2. The number of nitrogens with one attached hydrogen (secondary N) is 2. The van der Waals surface area contributed by atoms with Gasteiger partial charge in [-0.25, -0.2) is 13.4 Å². The van der Waals surface area contributed by atoms with Gasteiger partial charge < -0.3 is 14.6 Å². The number of rotatable bonds is 10. The number of hydrogen-bond acceptors (Lipinski definition) is 6. The fourth-order valence-corrected chi connectivity index (χ4v) is 4.63. The number of nitrogens with zero attached hydrogens (tertiary/aromatic N) is 2. The van der Waals surface area contributed by atoms with Gasteiger partial charge in [0.15, 0.2) is 0 Å².